The molecule has 3 aromatic rings. The smallest absolute Gasteiger partial charge is 0.119 e. The number of benzene rings is 2. The number of ether oxygens (including phenoxy) is 1. The number of hydrogen-bond acceptors (Lipinski definition) is 3. The van der Waals surface area contributed by atoms with Crippen molar-refractivity contribution >= 4 is 10.9 Å². The van der Waals surface area contributed by atoms with Crippen LogP contribution in [0.1, 0.15) is 19.4 Å². The highest BCUT2D eigenvalue weighted by Crippen LogP contribution is 2.32. The first-order chi connectivity index (χ1) is 10.7. The van der Waals surface area contributed by atoms with Crippen molar-refractivity contribution in [1.82, 2.24) is 4.98 Å². The molecule has 3 nitrogen and oxygen atoms in total. The van der Waals surface area contributed by atoms with Gasteiger partial charge in [0.05, 0.1) is 12.6 Å². The molecule has 0 aliphatic carbocycles. The highest BCUT2D eigenvalue weighted by Gasteiger charge is 2.07. The quantitative estimate of drug-likeness (QED) is 0.727. The lowest BCUT2D eigenvalue weighted by Gasteiger charge is -2.09. The SMILES string of the molecule is CC.COc1ccc2nccc(-c3ccc(C)c(O)c3)c2c1. The van der Waals surface area contributed by atoms with Gasteiger partial charge in [0.1, 0.15) is 11.5 Å². The number of phenolic OH excluding ortho intramolecular Hbond substituents is 1. The molecule has 114 valence electrons. The van der Waals surface area contributed by atoms with E-state index in [9.17, 15) is 5.11 Å². The second-order valence-corrected chi connectivity index (χ2v) is 4.74. The Hall–Kier alpha value is -2.55. The molecule has 0 bridgehead atoms. The molecule has 0 atom stereocenters. The summed E-state index contributed by atoms with van der Waals surface area (Å²) >= 11 is 0. The Morgan fingerprint density at radius 1 is 1.00 bits per heavy atom. The standard InChI is InChI=1S/C17H15NO2.C2H6/c1-11-3-4-12(9-17(11)19)14-7-8-18-16-6-5-13(20-2)10-15(14)16;1-2/h3-10,19H,1-2H3;1-2H3. The number of aryl methyl sites for hydroxylation is 1. The van der Waals surface area contributed by atoms with Crippen molar-refractivity contribution in [2.45, 2.75) is 20.8 Å². The highest BCUT2D eigenvalue weighted by molar-refractivity contribution is 5.95. The first kappa shape index (κ1) is 15.8. The van der Waals surface area contributed by atoms with Crippen LogP contribution in [-0.4, -0.2) is 17.2 Å². The van der Waals surface area contributed by atoms with Crippen molar-refractivity contribution in [3.63, 3.8) is 0 Å². The number of methoxy groups -OCH3 is 1. The van der Waals surface area contributed by atoms with Crippen molar-refractivity contribution in [3.8, 4) is 22.6 Å². The fourth-order valence-electron chi connectivity index (χ4n) is 2.28. The molecule has 0 fully saturated rings. The van der Waals surface area contributed by atoms with Gasteiger partial charge >= 0.3 is 0 Å². The Morgan fingerprint density at radius 2 is 1.77 bits per heavy atom. The molecule has 1 heterocycles. The summed E-state index contributed by atoms with van der Waals surface area (Å²) in [5.41, 5.74) is 3.77. The van der Waals surface area contributed by atoms with Gasteiger partial charge in [0.2, 0.25) is 0 Å². The molecule has 22 heavy (non-hydrogen) atoms. The lowest BCUT2D eigenvalue weighted by atomic mass is 10.00. The Bertz CT molecular complexity index is 781. The molecule has 1 N–H and O–H groups in total. The maximum atomic E-state index is 9.89. The molecule has 1 aromatic heterocycles. The van der Waals surface area contributed by atoms with Crippen molar-refractivity contribution < 1.29 is 9.84 Å². The Balaban J connectivity index is 0.000000847. The molecule has 0 amide bonds. The fraction of sp³-hybridized carbons (Fsp3) is 0.211. The van der Waals surface area contributed by atoms with Crippen LogP contribution in [0.3, 0.4) is 0 Å². The van der Waals surface area contributed by atoms with Crippen LogP contribution in [0.4, 0.5) is 0 Å². The Labute approximate surface area is 131 Å². The van der Waals surface area contributed by atoms with E-state index in [1.54, 1.807) is 19.4 Å². The lowest BCUT2D eigenvalue weighted by molar-refractivity contribution is 0.415. The average molecular weight is 295 g/mol. The van der Waals surface area contributed by atoms with Crippen LogP contribution < -0.4 is 4.74 Å². The van der Waals surface area contributed by atoms with Gasteiger partial charge < -0.3 is 9.84 Å². The van der Waals surface area contributed by atoms with Crippen molar-refractivity contribution in [2.24, 2.45) is 0 Å². The zero-order chi connectivity index (χ0) is 16.1. The highest BCUT2D eigenvalue weighted by atomic mass is 16.5. The fourth-order valence-corrected chi connectivity index (χ4v) is 2.28. The van der Waals surface area contributed by atoms with Gasteiger partial charge in [0.15, 0.2) is 0 Å². The van der Waals surface area contributed by atoms with Gasteiger partial charge in [0.25, 0.3) is 0 Å². The largest absolute Gasteiger partial charge is 0.508 e. The van der Waals surface area contributed by atoms with Crippen molar-refractivity contribution in [2.75, 3.05) is 7.11 Å². The summed E-state index contributed by atoms with van der Waals surface area (Å²) in [7, 11) is 1.65. The van der Waals surface area contributed by atoms with Crippen LogP contribution in [0, 0.1) is 6.92 Å². The van der Waals surface area contributed by atoms with Gasteiger partial charge in [-0.05, 0) is 53.9 Å². The Morgan fingerprint density at radius 3 is 2.45 bits per heavy atom. The number of hydrogen-bond donors (Lipinski definition) is 1. The minimum Gasteiger partial charge on any atom is -0.508 e. The summed E-state index contributed by atoms with van der Waals surface area (Å²) < 4.78 is 5.28. The van der Waals surface area contributed by atoms with Crippen LogP contribution in [-0.2, 0) is 0 Å². The molecule has 0 unspecified atom stereocenters. The maximum absolute atomic E-state index is 9.89. The third-order valence-corrected chi connectivity index (χ3v) is 3.47. The summed E-state index contributed by atoms with van der Waals surface area (Å²) in [5, 5.41) is 10.9. The molecule has 0 spiro atoms. The predicted molar refractivity (Wildman–Crippen MR) is 91.5 cm³/mol. The second-order valence-electron chi connectivity index (χ2n) is 4.74. The lowest BCUT2D eigenvalue weighted by Crippen LogP contribution is -1.88. The van der Waals surface area contributed by atoms with Gasteiger partial charge in [-0.2, -0.15) is 0 Å². The number of pyridine rings is 1. The van der Waals surface area contributed by atoms with E-state index in [0.29, 0.717) is 5.75 Å². The number of fused-ring (bicyclic) bond motifs is 1. The monoisotopic (exact) mass is 295 g/mol. The molecule has 0 saturated heterocycles. The molecule has 2 aromatic carbocycles. The summed E-state index contributed by atoms with van der Waals surface area (Å²) in [5.74, 6) is 1.10. The van der Waals surface area contributed by atoms with E-state index >= 15 is 0 Å². The third kappa shape index (κ3) is 3.03. The van der Waals surface area contributed by atoms with Gasteiger partial charge in [0, 0.05) is 11.6 Å². The zero-order valence-corrected chi connectivity index (χ0v) is 13.4. The van der Waals surface area contributed by atoms with Gasteiger partial charge in [-0.25, -0.2) is 0 Å². The predicted octanol–water partition coefficient (Wildman–Crippen LogP) is 4.95. The number of aromatic nitrogens is 1. The molecule has 3 heteroatoms. The summed E-state index contributed by atoms with van der Waals surface area (Å²) in [4.78, 5) is 4.36. The van der Waals surface area contributed by atoms with E-state index in [1.807, 2.05) is 57.2 Å². The topological polar surface area (TPSA) is 42.4 Å². The average Bonchev–Trinajstić information content (AvgIpc) is 2.58. The minimum absolute atomic E-state index is 0.301. The van der Waals surface area contributed by atoms with E-state index in [-0.39, 0.29) is 0 Å². The molecular weight excluding hydrogens is 274 g/mol. The number of phenols is 1. The second kappa shape index (κ2) is 6.94. The zero-order valence-electron chi connectivity index (χ0n) is 13.4. The van der Waals surface area contributed by atoms with E-state index < -0.39 is 0 Å². The summed E-state index contributed by atoms with van der Waals surface area (Å²) in [6, 6.07) is 13.4. The summed E-state index contributed by atoms with van der Waals surface area (Å²) in [6.45, 7) is 5.88. The van der Waals surface area contributed by atoms with E-state index in [1.165, 1.54) is 0 Å². The number of nitrogens with zero attached hydrogens (tertiary/aromatic N) is 1. The molecule has 0 aliphatic rings. The van der Waals surface area contributed by atoms with E-state index in [0.717, 1.165) is 33.3 Å². The van der Waals surface area contributed by atoms with Crippen LogP contribution >= 0.6 is 0 Å². The number of rotatable bonds is 2. The first-order valence-corrected chi connectivity index (χ1v) is 7.42. The van der Waals surface area contributed by atoms with Crippen LogP contribution in [0.5, 0.6) is 11.5 Å². The number of aromatic hydroxyl groups is 1. The van der Waals surface area contributed by atoms with Gasteiger partial charge in [-0.15, -0.1) is 0 Å². The molecular formula is C19H21NO2. The molecule has 0 aliphatic heterocycles. The van der Waals surface area contributed by atoms with E-state index in [4.69, 9.17) is 4.74 Å². The molecule has 3 rings (SSSR count). The molecule has 0 radical (unpaired) electrons. The van der Waals surface area contributed by atoms with Crippen molar-refractivity contribution in [1.29, 1.82) is 0 Å². The third-order valence-electron chi connectivity index (χ3n) is 3.47. The Kier molecular flexibility index (Phi) is 4.99. The maximum Gasteiger partial charge on any atom is 0.119 e. The first-order valence-electron chi connectivity index (χ1n) is 7.42. The molecule has 0 saturated carbocycles. The van der Waals surface area contributed by atoms with Gasteiger partial charge in [-0.1, -0.05) is 26.0 Å². The van der Waals surface area contributed by atoms with Crippen molar-refractivity contribution in [3.05, 3.63) is 54.2 Å². The van der Waals surface area contributed by atoms with Crippen LogP contribution in [0.25, 0.3) is 22.0 Å². The van der Waals surface area contributed by atoms with Gasteiger partial charge in [-0.3, -0.25) is 4.98 Å². The van der Waals surface area contributed by atoms with E-state index in [2.05, 4.69) is 4.98 Å². The van der Waals surface area contributed by atoms with Crippen LogP contribution in [0.15, 0.2) is 48.7 Å². The summed E-state index contributed by atoms with van der Waals surface area (Å²) in [6.07, 6.45) is 1.78. The van der Waals surface area contributed by atoms with Crippen LogP contribution in [0.2, 0.25) is 0 Å². The minimum atomic E-state index is 0.301. The normalized spacial score (nSPS) is 10.0.